The molecule has 35 heavy (non-hydrogen) atoms. The van der Waals surface area contributed by atoms with Gasteiger partial charge in [-0.15, -0.1) is 0 Å². The molecule has 0 N–H and O–H groups in total. The summed E-state index contributed by atoms with van der Waals surface area (Å²) in [5.41, 5.74) is 3.58. The summed E-state index contributed by atoms with van der Waals surface area (Å²) in [7, 11) is 1.69. The van der Waals surface area contributed by atoms with Gasteiger partial charge in [0.25, 0.3) is 0 Å². The normalized spacial score (nSPS) is 10.9. The van der Waals surface area contributed by atoms with Crippen molar-refractivity contribution in [2.75, 3.05) is 13.7 Å². The molecule has 0 spiro atoms. The number of fused-ring (bicyclic) bond motifs is 1. The molecule has 0 aliphatic carbocycles. The van der Waals surface area contributed by atoms with Crippen LogP contribution in [0.2, 0.25) is 0 Å². The van der Waals surface area contributed by atoms with E-state index < -0.39 is 23.3 Å². The van der Waals surface area contributed by atoms with E-state index in [-0.39, 0.29) is 16.3 Å². The fourth-order valence-corrected chi connectivity index (χ4v) is 3.78. The number of pyridine rings is 1. The van der Waals surface area contributed by atoms with Crippen LogP contribution in [0, 0.1) is 35.1 Å². The van der Waals surface area contributed by atoms with Gasteiger partial charge in [0.1, 0.15) is 5.82 Å². The van der Waals surface area contributed by atoms with E-state index in [0.717, 1.165) is 42.3 Å². The minimum Gasteiger partial charge on any atom is -0.385 e. The predicted octanol–water partition coefficient (Wildman–Crippen LogP) is 6.56. The van der Waals surface area contributed by atoms with Gasteiger partial charge in [-0.25, -0.2) is 17.6 Å². The second-order valence-corrected chi connectivity index (χ2v) is 8.24. The number of aromatic nitrogens is 1. The number of halogens is 4. The smallest absolute Gasteiger partial charge is 0.195 e. The third-order valence-corrected chi connectivity index (χ3v) is 5.72. The highest BCUT2D eigenvalue weighted by Gasteiger charge is 2.13. The van der Waals surface area contributed by atoms with Crippen LogP contribution in [0.1, 0.15) is 34.4 Å². The highest BCUT2D eigenvalue weighted by Crippen LogP contribution is 2.24. The zero-order valence-electron chi connectivity index (χ0n) is 19.2. The van der Waals surface area contributed by atoms with Crippen molar-refractivity contribution in [3.8, 4) is 11.8 Å². The minimum absolute atomic E-state index is 0.0415. The Morgan fingerprint density at radius 1 is 0.771 bits per heavy atom. The van der Waals surface area contributed by atoms with Gasteiger partial charge in [-0.3, -0.25) is 4.98 Å². The van der Waals surface area contributed by atoms with Crippen molar-refractivity contribution in [1.82, 2.24) is 4.98 Å². The summed E-state index contributed by atoms with van der Waals surface area (Å²) in [6, 6.07) is 14.1. The lowest BCUT2D eigenvalue weighted by Gasteiger charge is -2.05. The number of hydrogen-bond donors (Lipinski definition) is 0. The molecule has 0 saturated heterocycles. The van der Waals surface area contributed by atoms with Gasteiger partial charge in [-0.05, 0) is 78.6 Å². The molecule has 0 unspecified atom stereocenters. The van der Waals surface area contributed by atoms with Crippen LogP contribution >= 0.6 is 0 Å². The zero-order valence-corrected chi connectivity index (χ0v) is 19.2. The molecule has 2 nitrogen and oxygen atoms in total. The van der Waals surface area contributed by atoms with E-state index in [4.69, 9.17) is 4.74 Å². The van der Waals surface area contributed by atoms with E-state index in [1.165, 1.54) is 24.3 Å². The molecule has 0 bridgehead atoms. The first-order chi connectivity index (χ1) is 16.9. The summed E-state index contributed by atoms with van der Waals surface area (Å²) in [6.07, 6.45) is 5.06. The van der Waals surface area contributed by atoms with E-state index >= 15 is 0 Å². The second-order valence-electron chi connectivity index (χ2n) is 8.24. The molecular formula is C29H23F4NO. The average molecular weight is 478 g/mol. The van der Waals surface area contributed by atoms with Crippen molar-refractivity contribution < 1.29 is 22.3 Å². The molecule has 0 aliphatic rings. The second kappa shape index (κ2) is 11.2. The molecule has 0 atom stereocenters. The van der Waals surface area contributed by atoms with Crippen LogP contribution < -0.4 is 0 Å². The lowest BCUT2D eigenvalue weighted by atomic mass is 10.0. The van der Waals surface area contributed by atoms with Gasteiger partial charge in [0.15, 0.2) is 17.5 Å². The number of methoxy groups -OCH3 is 1. The molecule has 3 aromatic carbocycles. The van der Waals surface area contributed by atoms with E-state index in [9.17, 15) is 17.6 Å². The summed E-state index contributed by atoms with van der Waals surface area (Å²) in [6.45, 7) is 0.719. The Labute approximate surface area is 201 Å². The van der Waals surface area contributed by atoms with Gasteiger partial charge < -0.3 is 4.74 Å². The van der Waals surface area contributed by atoms with Gasteiger partial charge in [0.05, 0.1) is 5.56 Å². The number of hydrogen-bond acceptors (Lipinski definition) is 2. The summed E-state index contributed by atoms with van der Waals surface area (Å²) < 4.78 is 60.5. The molecule has 178 valence electrons. The minimum atomic E-state index is -1.51. The highest BCUT2D eigenvalue weighted by molar-refractivity contribution is 5.84. The molecule has 0 aliphatic heterocycles. The fourth-order valence-electron chi connectivity index (χ4n) is 3.78. The van der Waals surface area contributed by atoms with Crippen molar-refractivity contribution in [2.45, 2.75) is 25.7 Å². The van der Waals surface area contributed by atoms with Crippen LogP contribution in [0.5, 0.6) is 0 Å². The quantitative estimate of drug-likeness (QED) is 0.130. The third kappa shape index (κ3) is 6.06. The Balaban J connectivity index is 1.41. The van der Waals surface area contributed by atoms with Crippen LogP contribution in [-0.4, -0.2) is 18.7 Å². The van der Waals surface area contributed by atoms with Crippen LogP contribution in [0.15, 0.2) is 60.8 Å². The monoisotopic (exact) mass is 477 g/mol. The van der Waals surface area contributed by atoms with Gasteiger partial charge >= 0.3 is 0 Å². The van der Waals surface area contributed by atoms with Crippen molar-refractivity contribution in [3.63, 3.8) is 0 Å². The van der Waals surface area contributed by atoms with Crippen molar-refractivity contribution in [1.29, 1.82) is 0 Å². The fraction of sp³-hybridized carbons (Fsp3) is 0.207. The van der Waals surface area contributed by atoms with E-state index in [2.05, 4.69) is 22.9 Å². The Morgan fingerprint density at radius 3 is 2.34 bits per heavy atom. The maximum atomic E-state index is 14.6. The largest absolute Gasteiger partial charge is 0.385 e. The average Bonchev–Trinajstić information content (AvgIpc) is 2.86. The number of aryl methyl sites for hydroxylation is 3. The maximum absolute atomic E-state index is 14.6. The number of rotatable bonds is 7. The predicted molar refractivity (Wildman–Crippen MR) is 128 cm³/mol. The van der Waals surface area contributed by atoms with Gasteiger partial charge in [-0.2, -0.15) is 0 Å². The van der Waals surface area contributed by atoms with Crippen LogP contribution in [-0.2, 0) is 24.0 Å². The van der Waals surface area contributed by atoms with Crippen LogP contribution in [0.3, 0.4) is 0 Å². The van der Waals surface area contributed by atoms with E-state index in [1.807, 2.05) is 18.3 Å². The maximum Gasteiger partial charge on any atom is 0.195 e. The molecule has 1 heterocycles. The van der Waals surface area contributed by atoms with E-state index in [1.54, 1.807) is 13.2 Å². The Kier molecular flexibility index (Phi) is 7.79. The van der Waals surface area contributed by atoms with Gasteiger partial charge in [0, 0.05) is 36.6 Å². The molecule has 1 aromatic heterocycles. The Hall–Kier alpha value is -3.69. The molecule has 0 amide bonds. The molecule has 6 heteroatoms. The van der Waals surface area contributed by atoms with E-state index in [0.29, 0.717) is 18.4 Å². The first kappa shape index (κ1) is 24.4. The Bertz CT molecular complexity index is 1400. The first-order valence-electron chi connectivity index (χ1n) is 11.2. The van der Waals surface area contributed by atoms with Crippen molar-refractivity contribution in [2.24, 2.45) is 0 Å². The third-order valence-electron chi connectivity index (χ3n) is 5.72. The number of ether oxygens (including phenoxy) is 1. The van der Waals surface area contributed by atoms with Crippen LogP contribution in [0.25, 0.3) is 10.8 Å². The molecule has 0 saturated carbocycles. The summed E-state index contributed by atoms with van der Waals surface area (Å²) in [5.74, 6) is 1.09. The van der Waals surface area contributed by atoms with Crippen molar-refractivity contribution in [3.05, 3.63) is 112 Å². The zero-order chi connectivity index (χ0) is 24.8. The molecule has 0 radical (unpaired) electrons. The topological polar surface area (TPSA) is 22.1 Å². The molecular weight excluding hydrogens is 454 g/mol. The summed E-state index contributed by atoms with van der Waals surface area (Å²) in [5, 5.41) is 0.140. The van der Waals surface area contributed by atoms with Crippen LogP contribution in [0.4, 0.5) is 17.6 Å². The SMILES string of the molecule is COCCCc1ccc(CCc2ccc(C#Cc3ccc4c(F)c(F)c(F)cc4c3)c(F)c2)nc1. The van der Waals surface area contributed by atoms with Crippen molar-refractivity contribution >= 4 is 10.8 Å². The number of nitrogens with zero attached hydrogens (tertiary/aromatic N) is 1. The number of benzene rings is 3. The molecule has 4 rings (SSSR count). The summed E-state index contributed by atoms with van der Waals surface area (Å²) >= 11 is 0. The van der Waals surface area contributed by atoms with Gasteiger partial charge in [0.2, 0.25) is 0 Å². The lowest BCUT2D eigenvalue weighted by Crippen LogP contribution is -1.98. The molecule has 4 aromatic rings. The van der Waals surface area contributed by atoms with Gasteiger partial charge in [-0.1, -0.05) is 30.0 Å². The summed E-state index contributed by atoms with van der Waals surface area (Å²) in [4.78, 5) is 4.49. The Morgan fingerprint density at radius 2 is 1.60 bits per heavy atom. The standard InChI is InChI=1S/C29H23F4NO/c1-35-14-2-3-21-7-12-24(34-18-21)11-6-20-5-10-22(26(30)16-20)9-4-19-8-13-25-23(15-19)17-27(31)29(33)28(25)32/h5,7-8,10,12-13,15-18H,2-3,6,11,14H2,1H3. The highest BCUT2D eigenvalue weighted by atomic mass is 19.2. The lowest BCUT2D eigenvalue weighted by molar-refractivity contribution is 0.195. The molecule has 0 fully saturated rings. The first-order valence-corrected chi connectivity index (χ1v) is 11.2.